The van der Waals surface area contributed by atoms with Gasteiger partial charge < -0.3 is 14.6 Å². The zero-order chi connectivity index (χ0) is 19.5. The number of methoxy groups -OCH3 is 1. The van der Waals surface area contributed by atoms with Crippen LogP contribution in [0.2, 0.25) is 0 Å². The Morgan fingerprint density at radius 3 is 2.86 bits per heavy atom. The van der Waals surface area contributed by atoms with Crippen molar-refractivity contribution in [2.45, 2.75) is 39.2 Å². The number of benzene rings is 2. The lowest BCUT2D eigenvalue weighted by Gasteiger charge is -2.11. The number of fused-ring (bicyclic) bond motifs is 1. The molecule has 28 heavy (non-hydrogen) atoms. The molecule has 2 aromatic carbocycles. The molecule has 144 valence electrons. The van der Waals surface area contributed by atoms with E-state index in [1.165, 1.54) is 6.42 Å². The molecule has 1 amide bonds. The molecular formula is C22H24N4O2. The predicted molar refractivity (Wildman–Crippen MR) is 109 cm³/mol. The van der Waals surface area contributed by atoms with E-state index < -0.39 is 0 Å². The van der Waals surface area contributed by atoms with E-state index in [1.807, 2.05) is 37.3 Å². The summed E-state index contributed by atoms with van der Waals surface area (Å²) in [5, 5.41) is 11.7. The Balaban J connectivity index is 1.58. The zero-order valence-electron chi connectivity index (χ0n) is 16.2. The van der Waals surface area contributed by atoms with Gasteiger partial charge in [-0.2, -0.15) is 0 Å². The first kappa shape index (κ1) is 18.2. The Labute approximate surface area is 164 Å². The largest absolute Gasteiger partial charge is 0.496 e. The average molecular weight is 376 g/mol. The highest BCUT2D eigenvalue weighted by Crippen LogP contribution is 2.25. The first-order valence-corrected chi connectivity index (χ1v) is 9.64. The van der Waals surface area contributed by atoms with E-state index in [2.05, 4.69) is 20.1 Å². The van der Waals surface area contributed by atoms with Crippen molar-refractivity contribution in [2.75, 3.05) is 12.4 Å². The normalized spacial score (nSPS) is 13.5. The number of nitrogens with zero attached hydrogens (tertiary/aromatic N) is 3. The Morgan fingerprint density at radius 1 is 1.11 bits per heavy atom. The maximum absolute atomic E-state index is 12.7. The molecule has 0 spiro atoms. The maximum Gasteiger partial charge on any atom is 0.255 e. The van der Waals surface area contributed by atoms with Gasteiger partial charge in [-0.1, -0.05) is 24.6 Å². The standard InChI is InChI=1S/C22H24N4O2/c1-15-10-11-17(14-19(15)28-2)22(27)23-18-8-6-7-16(13-18)21-25-24-20-9-4-3-5-12-26(20)21/h6-8,10-11,13-14H,3-5,9,12H2,1-2H3,(H,23,27). The van der Waals surface area contributed by atoms with Gasteiger partial charge in [-0.15, -0.1) is 10.2 Å². The van der Waals surface area contributed by atoms with E-state index in [-0.39, 0.29) is 5.91 Å². The minimum atomic E-state index is -0.171. The van der Waals surface area contributed by atoms with Crippen LogP contribution in [-0.4, -0.2) is 27.8 Å². The van der Waals surface area contributed by atoms with E-state index in [0.717, 1.165) is 54.3 Å². The number of rotatable bonds is 4. The minimum Gasteiger partial charge on any atom is -0.496 e. The maximum atomic E-state index is 12.7. The number of ether oxygens (including phenoxy) is 1. The van der Waals surface area contributed by atoms with Gasteiger partial charge in [0.15, 0.2) is 5.82 Å². The molecule has 0 atom stereocenters. The number of amides is 1. The quantitative estimate of drug-likeness (QED) is 0.739. The zero-order valence-corrected chi connectivity index (χ0v) is 16.2. The van der Waals surface area contributed by atoms with Gasteiger partial charge in [0.2, 0.25) is 0 Å². The van der Waals surface area contributed by atoms with Crippen LogP contribution in [0.1, 0.15) is 41.0 Å². The van der Waals surface area contributed by atoms with Crippen molar-refractivity contribution in [1.29, 1.82) is 0 Å². The molecule has 0 bridgehead atoms. The number of anilines is 1. The molecular weight excluding hydrogens is 352 g/mol. The number of aromatic nitrogens is 3. The first-order chi connectivity index (χ1) is 13.7. The molecule has 0 fully saturated rings. The van der Waals surface area contributed by atoms with Crippen LogP contribution < -0.4 is 10.1 Å². The van der Waals surface area contributed by atoms with Gasteiger partial charge in [0.25, 0.3) is 5.91 Å². The summed E-state index contributed by atoms with van der Waals surface area (Å²) in [5.41, 5.74) is 3.24. The van der Waals surface area contributed by atoms with Crippen LogP contribution in [-0.2, 0) is 13.0 Å². The number of hydrogen-bond donors (Lipinski definition) is 1. The summed E-state index contributed by atoms with van der Waals surface area (Å²) < 4.78 is 7.53. The molecule has 0 unspecified atom stereocenters. The van der Waals surface area contributed by atoms with E-state index in [0.29, 0.717) is 11.3 Å². The van der Waals surface area contributed by atoms with Crippen molar-refractivity contribution in [3.8, 4) is 17.1 Å². The van der Waals surface area contributed by atoms with Crippen molar-refractivity contribution in [2.24, 2.45) is 0 Å². The number of nitrogens with one attached hydrogen (secondary N) is 1. The fourth-order valence-electron chi connectivity index (χ4n) is 3.60. The van der Waals surface area contributed by atoms with Gasteiger partial charge in [-0.3, -0.25) is 4.79 Å². The van der Waals surface area contributed by atoms with Crippen molar-refractivity contribution in [3.05, 3.63) is 59.4 Å². The highest BCUT2D eigenvalue weighted by Gasteiger charge is 2.16. The number of carbonyl (C=O) groups is 1. The van der Waals surface area contributed by atoms with E-state index >= 15 is 0 Å². The van der Waals surface area contributed by atoms with Crippen LogP contribution in [0.25, 0.3) is 11.4 Å². The summed E-state index contributed by atoms with van der Waals surface area (Å²) in [6, 6.07) is 13.2. The van der Waals surface area contributed by atoms with Gasteiger partial charge in [-0.05, 0) is 49.6 Å². The number of carbonyl (C=O) groups excluding carboxylic acids is 1. The second kappa shape index (κ2) is 7.84. The second-order valence-electron chi connectivity index (χ2n) is 7.12. The summed E-state index contributed by atoms with van der Waals surface area (Å²) in [5.74, 6) is 2.45. The van der Waals surface area contributed by atoms with Crippen LogP contribution in [0, 0.1) is 6.92 Å². The van der Waals surface area contributed by atoms with Crippen LogP contribution in [0.4, 0.5) is 5.69 Å². The van der Waals surface area contributed by atoms with Crippen molar-refractivity contribution >= 4 is 11.6 Å². The molecule has 1 aromatic heterocycles. The van der Waals surface area contributed by atoms with E-state index in [4.69, 9.17) is 4.74 Å². The summed E-state index contributed by atoms with van der Waals surface area (Å²) in [4.78, 5) is 12.7. The second-order valence-corrected chi connectivity index (χ2v) is 7.12. The number of aryl methyl sites for hydroxylation is 2. The van der Waals surface area contributed by atoms with Crippen LogP contribution in [0.15, 0.2) is 42.5 Å². The molecule has 0 saturated heterocycles. The third-order valence-electron chi connectivity index (χ3n) is 5.16. The monoisotopic (exact) mass is 376 g/mol. The molecule has 6 nitrogen and oxygen atoms in total. The van der Waals surface area contributed by atoms with E-state index in [9.17, 15) is 4.79 Å². The molecule has 1 aliphatic heterocycles. The molecule has 0 radical (unpaired) electrons. The Kier molecular flexibility index (Phi) is 5.10. The third-order valence-corrected chi connectivity index (χ3v) is 5.16. The van der Waals surface area contributed by atoms with Gasteiger partial charge in [0.05, 0.1) is 7.11 Å². The molecule has 0 aliphatic carbocycles. The lowest BCUT2D eigenvalue weighted by Crippen LogP contribution is -2.12. The molecule has 1 aliphatic rings. The molecule has 3 aromatic rings. The Bertz CT molecular complexity index is 1010. The van der Waals surface area contributed by atoms with E-state index in [1.54, 1.807) is 19.2 Å². The molecule has 4 rings (SSSR count). The highest BCUT2D eigenvalue weighted by atomic mass is 16.5. The molecule has 2 heterocycles. The Hall–Kier alpha value is -3.15. The topological polar surface area (TPSA) is 69.0 Å². The smallest absolute Gasteiger partial charge is 0.255 e. The average Bonchev–Trinajstić information content (AvgIpc) is 2.97. The third kappa shape index (κ3) is 3.63. The van der Waals surface area contributed by atoms with Gasteiger partial charge in [0.1, 0.15) is 11.6 Å². The first-order valence-electron chi connectivity index (χ1n) is 9.64. The molecule has 6 heteroatoms. The molecule has 1 N–H and O–H groups in total. The number of hydrogen-bond acceptors (Lipinski definition) is 4. The fraction of sp³-hybridized carbons (Fsp3) is 0.318. The summed E-state index contributed by atoms with van der Waals surface area (Å²) in [7, 11) is 1.61. The summed E-state index contributed by atoms with van der Waals surface area (Å²) in [6.45, 7) is 2.89. The minimum absolute atomic E-state index is 0.171. The summed E-state index contributed by atoms with van der Waals surface area (Å²) in [6.07, 6.45) is 4.50. The van der Waals surface area contributed by atoms with Crippen LogP contribution >= 0.6 is 0 Å². The van der Waals surface area contributed by atoms with Gasteiger partial charge >= 0.3 is 0 Å². The van der Waals surface area contributed by atoms with Crippen LogP contribution in [0.3, 0.4) is 0 Å². The Morgan fingerprint density at radius 2 is 2.00 bits per heavy atom. The fourth-order valence-corrected chi connectivity index (χ4v) is 3.60. The molecule has 0 saturated carbocycles. The van der Waals surface area contributed by atoms with Crippen molar-refractivity contribution in [3.63, 3.8) is 0 Å². The van der Waals surface area contributed by atoms with Gasteiger partial charge in [-0.25, -0.2) is 0 Å². The predicted octanol–water partition coefficient (Wildman–Crippen LogP) is 4.24. The highest BCUT2D eigenvalue weighted by molar-refractivity contribution is 6.04. The van der Waals surface area contributed by atoms with Crippen molar-refractivity contribution in [1.82, 2.24) is 14.8 Å². The van der Waals surface area contributed by atoms with Gasteiger partial charge in [0, 0.05) is 29.8 Å². The van der Waals surface area contributed by atoms with Crippen LogP contribution in [0.5, 0.6) is 5.75 Å². The lowest BCUT2D eigenvalue weighted by atomic mass is 10.1. The SMILES string of the molecule is COc1cc(C(=O)Nc2cccc(-c3nnc4n3CCCCC4)c2)ccc1C. The summed E-state index contributed by atoms with van der Waals surface area (Å²) >= 11 is 0. The van der Waals surface area contributed by atoms with Crippen molar-refractivity contribution < 1.29 is 9.53 Å². The lowest BCUT2D eigenvalue weighted by molar-refractivity contribution is 0.102.